The van der Waals surface area contributed by atoms with Gasteiger partial charge in [0.1, 0.15) is 11.6 Å². The molecule has 3 heterocycles. The van der Waals surface area contributed by atoms with Crippen LogP contribution in [0, 0.1) is 11.6 Å². The maximum atomic E-state index is 14.4. The minimum Gasteiger partial charge on any atom is -0.372 e. The Balaban J connectivity index is 1.58. The highest BCUT2D eigenvalue weighted by molar-refractivity contribution is 5.67. The molecule has 0 aliphatic carbocycles. The van der Waals surface area contributed by atoms with Gasteiger partial charge in [-0.05, 0) is 49.7 Å². The molecule has 1 fully saturated rings. The predicted octanol–water partition coefficient (Wildman–Crippen LogP) is 4.17. The summed E-state index contributed by atoms with van der Waals surface area (Å²) in [5.41, 5.74) is 1.51. The first-order valence-electron chi connectivity index (χ1n) is 9.40. The van der Waals surface area contributed by atoms with Crippen molar-refractivity contribution in [3.05, 3.63) is 60.3 Å². The lowest BCUT2D eigenvalue weighted by Gasteiger charge is -2.36. The minimum atomic E-state index is -0.489. The van der Waals surface area contributed by atoms with E-state index in [1.807, 2.05) is 13.8 Å². The van der Waals surface area contributed by atoms with Gasteiger partial charge in [0.05, 0.1) is 18.4 Å². The Labute approximate surface area is 167 Å². The molecule has 2 aromatic heterocycles. The Morgan fingerprint density at radius 1 is 1.00 bits per heavy atom. The third-order valence-corrected chi connectivity index (χ3v) is 4.65. The largest absolute Gasteiger partial charge is 0.372 e. The zero-order chi connectivity index (χ0) is 20.4. The summed E-state index contributed by atoms with van der Waals surface area (Å²) in [5.74, 6) is 0.276. The van der Waals surface area contributed by atoms with Gasteiger partial charge in [-0.15, -0.1) is 5.10 Å². The van der Waals surface area contributed by atoms with Crippen LogP contribution in [0.15, 0.2) is 48.7 Å². The number of pyridine rings is 1. The van der Waals surface area contributed by atoms with Crippen LogP contribution in [0.25, 0.3) is 11.1 Å². The second-order valence-corrected chi connectivity index (χ2v) is 7.12. The fourth-order valence-corrected chi connectivity index (χ4v) is 3.41. The number of benzene rings is 1. The van der Waals surface area contributed by atoms with Crippen LogP contribution in [0.3, 0.4) is 0 Å². The molecule has 0 saturated carbocycles. The summed E-state index contributed by atoms with van der Waals surface area (Å²) in [6, 6.07) is 10.8. The molecule has 1 aliphatic heterocycles. The van der Waals surface area contributed by atoms with Crippen molar-refractivity contribution in [3.8, 4) is 11.1 Å². The number of morpholine rings is 1. The normalized spacial score (nSPS) is 19.2. The van der Waals surface area contributed by atoms with Gasteiger partial charge in [-0.3, -0.25) is 0 Å². The van der Waals surface area contributed by atoms with Gasteiger partial charge in [0.15, 0.2) is 17.5 Å². The molecule has 3 aromatic rings. The van der Waals surface area contributed by atoms with E-state index in [1.165, 1.54) is 18.2 Å². The first-order chi connectivity index (χ1) is 14.0. The quantitative estimate of drug-likeness (QED) is 0.713. The standard InChI is InChI=1S/C21H21F2N5O/c1-13-11-28(12-14(2)29-13)20-8-7-18(23)21(26-20)25-19-9-16(10-24-27-19)15-3-5-17(22)6-4-15/h3-10,13-14H,11-12H2,1-2H3,(H,25,26,27)/t13-,14+. The summed E-state index contributed by atoms with van der Waals surface area (Å²) in [4.78, 5) is 6.51. The lowest BCUT2D eigenvalue weighted by Crippen LogP contribution is -2.45. The molecular weight excluding hydrogens is 376 g/mol. The summed E-state index contributed by atoms with van der Waals surface area (Å²) in [6.07, 6.45) is 1.70. The smallest absolute Gasteiger partial charge is 0.170 e. The molecule has 1 aromatic carbocycles. The number of hydrogen-bond donors (Lipinski definition) is 1. The predicted molar refractivity (Wildman–Crippen MR) is 107 cm³/mol. The van der Waals surface area contributed by atoms with Gasteiger partial charge in [-0.2, -0.15) is 5.10 Å². The lowest BCUT2D eigenvalue weighted by atomic mass is 10.1. The number of aromatic nitrogens is 3. The van der Waals surface area contributed by atoms with E-state index in [4.69, 9.17) is 4.74 Å². The molecule has 29 heavy (non-hydrogen) atoms. The van der Waals surface area contributed by atoms with Gasteiger partial charge in [0, 0.05) is 18.7 Å². The monoisotopic (exact) mass is 397 g/mol. The van der Waals surface area contributed by atoms with Gasteiger partial charge in [0.2, 0.25) is 0 Å². The Kier molecular flexibility index (Phi) is 5.35. The van der Waals surface area contributed by atoms with E-state index >= 15 is 0 Å². The number of rotatable bonds is 4. The third-order valence-electron chi connectivity index (χ3n) is 4.65. The third kappa shape index (κ3) is 4.48. The van der Waals surface area contributed by atoms with E-state index < -0.39 is 5.82 Å². The Bertz CT molecular complexity index is 989. The van der Waals surface area contributed by atoms with E-state index in [2.05, 4.69) is 25.4 Å². The van der Waals surface area contributed by atoms with Crippen molar-refractivity contribution in [2.24, 2.45) is 0 Å². The molecule has 6 nitrogen and oxygen atoms in total. The van der Waals surface area contributed by atoms with Crippen molar-refractivity contribution in [1.82, 2.24) is 15.2 Å². The van der Waals surface area contributed by atoms with Crippen molar-refractivity contribution in [3.63, 3.8) is 0 Å². The molecule has 1 aliphatic rings. The summed E-state index contributed by atoms with van der Waals surface area (Å²) < 4.78 is 33.3. The van der Waals surface area contributed by atoms with Crippen LogP contribution in [0.1, 0.15) is 13.8 Å². The second-order valence-electron chi connectivity index (χ2n) is 7.12. The molecule has 0 unspecified atom stereocenters. The summed E-state index contributed by atoms with van der Waals surface area (Å²) in [7, 11) is 0. The number of ether oxygens (including phenoxy) is 1. The van der Waals surface area contributed by atoms with Crippen LogP contribution in [-0.4, -0.2) is 40.5 Å². The average molecular weight is 397 g/mol. The highest BCUT2D eigenvalue weighted by Gasteiger charge is 2.24. The van der Waals surface area contributed by atoms with Crippen LogP contribution in [-0.2, 0) is 4.74 Å². The number of halogens is 2. The fraction of sp³-hybridized carbons (Fsp3) is 0.286. The van der Waals surface area contributed by atoms with Crippen molar-refractivity contribution in [1.29, 1.82) is 0 Å². The molecule has 1 N–H and O–H groups in total. The zero-order valence-electron chi connectivity index (χ0n) is 16.1. The van der Waals surface area contributed by atoms with E-state index in [-0.39, 0.29) is 23.8 Å². The molecular formula is C21H21F2N5O. The number of nitrogens with zero attached hydrogens (tertiary/aromatic N) is 4. The van der Waals surface area contributed by atoms with Crippen LogP contribution >= 0.6 is 0 Å². The summed E-state index contributed by atoms with van der Waals surface area (Å²) in [5, 5.41) is 10.9. The SMILES string of the molecule is C[C@@H]1CN(c2ccc(F)c(Nc3cc(-c4ccc(F)cc4)cnn3)n2)C[C@H](C)O1. The van der Waals surface area contributed by atoms with Gasteiger partial charge in [-0.1, -0.05) is 12.1 Å². The topological polar surface area (TPSA) is 63.2 Å². The van der Waals surface area contributed by atoms with Crippen molar-refractivity contribution in [2.75, 3.05) is 23.3 Å². The first kappa shape index (κ1) is 19.2. The lowest BCUT2D eigenvalue weighted by molar-refractivity contribution is -0.00545. The first-order valence-corrected chi connectivity index (χ1v) is 9.40. The van der Waals surface area contributed by atoms with Crippen molar-refractivity contribution in [2.45, 2.75) is 26.1 Å². The molecule has 0 spiro atoms. The van der Waals surface area contributed by atoms with Crippen LogP contribution in [0.2, 0.25) is 0 Å². The van der Waals surface area contributed by atoms with E-state index in [1.54, 1.807) is 30.5 Å². The highest BCUT2D eigenvalue weighted by atomic mass is 19.1. The Morgan fingerprint density at radius 3 is 2.45 bits per heavy atom. The van der Waals surface area contributed by atoms with Crippen molar-refractivity contribution >= 4 is 17.5 Å². The Hall–Kier alpha value is -3.13. The fourth-order valence-electron chi connectivity index (χ4n) is 3.41. The van der Waals surface area contributed by atoms with Crippen molar-refractivity contribution < 1.29 is 13.5 Å². The maximum Gasteiger partial charge on any atom is 0.170 e. The Morgan fingerprint density at radius 2 is 1.72 bits per heavy atom. The van der Waals surface area contributed by atoms with Crippen LogP contribution < -0.4 is 10.2 Å². The highest BCUT2D eigenvalue weighted by Crippen LogP contribution is 2.25. The number of nitrogens with one attached hydrogen (secondary N) is 1. The van der Waals surface area contributed by atoms with E-state index in [0.29, 0.717) is 24.7 Å². The van der Waals surface area contributed by atoms with Crippen LogP contribution in [0.5, 0.6) is 0 Å². The molecule has 2 atom stereocenters. The molecule has 4 rings (SSSR count). The van der Waals surface area contributed by atoms with Gasteiger partial charge in [-0.25, -0.2) is 13.8 Å². The molecule has 8 heteroatoms. The second kappa shape index (κ2) is 8.08. The van der Waals surface area contributed by atoms with E-state index in [9.17, 15) is 8.78 Å². The van der Waals surface area contributed by atoms with Gasteiger partial charge >= 0.3 is 0 Å². The van der Waals surface area contributed by atoms with E-state index in [0.717, 1.165) is 11.1 Å². The zero-order valence-corrected chi connectivity index (χ0v) is 16.1. The number of hydrogen-bond acceptors (Lipinski definition) is 6. The molecule has 0 amide bonds. The summed E-state index contributed by atoms with van der Waals surface area (Å²) in [6.45, 7) is 5.37. The van der Waals surface area contributed by atoms with Crippen LogP contribution in [0.4, 0.5) is 26.2 Å². The maximum absolute atomic E-state index is 14.4. The molecule has 0 bridgehead atoms. The average Bonchev–Trinajstić information content (AvgIpc) is 2.70. The molecule has 1 saturated heterocycles. The molecule has 150 valence electrons. The van der Waals surface area contributed by atoms with Gasteiger partial charge < -0.3 is 15.0 Å². The summed E-state index contributed by atoms with van der Waals surface area (Å²) >= 11 is 0. The molecule has 0 radical (unpaired) electrons. The number of anilines is 3. The minimum absolute atomic E-state index is 0.0693. The van der Waals surface area contributed by atoms with Gasteiger partial charge in [0.25, 0.3) is 0 Å².